The average molecular weight is 387 g/mol. The molecule has 0 spiro atoms. The summed E-state index contributed by atoms with van der Waals surface area (Å²) in [5.74, 6) is 0. The van der Waals surface area contributed by atoms with E-state index < -0.39 is 10.3 Å². The Kier molecular flexibility index (Phi) is 6.16. The Labute approximate surface area is 166 Å². The molecule has 0 aromatic heterocycles. The van der Waals surface area contributed by atoms with Gasteiger partial charge in [-0.2, -0.15) is 4.81 Å². The van der Waals surface area contributed by atoms with Gasteiger partial charge in [0.1, 0.15) is 12.1 Å². The summed E-state index contributed by atoms with van der Waals surface area (Å²) in [7, 11) is 1.74. The summed E-state index contributed by atoms with van der Waals surface area (Å²) >= 11 is 0. The molecule has 0 aliphatic carbocycles. The van der Waals surface area contributed by atoms with Gasteiger partial charge in [0.15, 0.2) is 0 Å². The lowest BCUT2D eigenvalue weighted by atomic mass is 9.66. The van der Waals surface area contributed by atoms with Crippen molar-refractivity contribution in [3.63, 3.8) is 0 Å². The molecule has 2 fully saturated rings. The lowest BCUT2D eigenvalue weighted by Crippen LogP contribution is -2.75. The molecular weight excluding hydrogens is 344 g/mol. The third kappa shape index (κ3) is 3.81. The molecule has 0 saturated carbocycles. The van der Waals surface area contributed by atoms with E-state index in [-0.39, 0.29) is 28.7 Å². The Balaban J connectivity index is 2.33. The fourth-order valence-electron chi connectivity index (χ4n) is 5.19. The number of hydrogen-bond acceptors (Lipinski definition) is 5. The van der Waals surface area contributed by atoms with Crippen molar-refractivity contribution < 1.29 is 19.2 Å². The largest absolute Gasteiger partial charge is 0.596 e. The summed E-state index contributed by atoms with van der Waals surface area (Å²) in [5.41, 5.74) is -1.57. The Morgan fingerprint density at radius 2 is 1.52 bits per heavy atom. The van der Waals surface area contributed by atoms with E-state index in [4.69, 9.17) is 14.4 Å². The number of methoxy groups -OCH3 is 1. The molecule has 2 saturated heterocycles. The first-order valence-electron chi connectivity index (χ1n) is 10.4. The molecule has 2 rings (SSSR count). The minimum atomic E-state index is -0.688. The molecule has 0 amide bonds. The smallest absolute Gasteiger partial charge is 0.132 e. The van der Waals surface area contributed by atoms with Crippen LogP contribution < -0.4 is 0 Å². The van der Waals surface area contributed by atoms with Gasteiger partial charge in [0.05, 0.1) is 12.2 Å². The summed E-state index contributed by atoms with van der Waals surface area (Å²) in [6.07, 6.45) is 2.60. The van der Waals surface area contributed by atoms with Gasteiger partial charge in [0.2, 0.25) is 0 Å². The Hall–Kier alpha value is -0.240. The zero-order chi connectivity index (χ0) is 20.9. The van der Waals surface area contributed by atoms with Crippen molar-refractivity contribution in [2.75, 3.05) is 20.3 Å². The summed E-state index contributed by atoms with van der Waals surface area (Å²) in [4.78, 5) is 5.74. The molecular formula is C21H42N2O4. The maximum Gasteiger partial charge on any atom is 0.132 e. The van der Waals surface area contributed by atoms with Gasteiger partial charge in [0, 0.05) is 36.6 Å². The SMILES string of the molecule is CCOC1CC(C)(C)N(O[N+]2([O-])CCC(OC)C(C)(C)C2(C)C)C(C)(C)C1. The predicted octanol–water partition coefficient (Wildman–Crippen LogP) is 4.43. The third-order valence-electron chi connectivity index (χ3n) is 7.37. The maximum atomic E-state index is 14.1. The zero-order valence-corrected chi connectivity index (χ0v) is 19.2. The van der Waals surface area contributed by atoms with Crippen molar-refractivity contribution in [1.29, 1.82) is 0 Å². The average Bonchev–Trinajstić information content (AvgIpc) is 2.49. The quantitative estimate of drug-likeness (QED) is 0.517. The van der Waals surface area contributed by atoms with E-state index in [1.165, 1.54) is 0 Å². The van der Waals surface area contributed by atoms with Crippen LogP contribution in [0.1, 0.15) is 81.6 Å². The van der Waals surface area contributed by atoms with E-state index in [0.717, 1.165) is 12.8 Å². The second-order valence-corrected chi connectivity index (χ2v) is 10.7. The molecule has 2 unspecified atom stereocenters. The van der Waals surface area contributed by atoms with E-state index in [1.54, 1.807) is 7.11 Å². The Morgan fingerprint density at radius 3 is 1.96 bits per heavy atom. The van der Waals surface area contributed by atoms with E-state index in [9.17, 15) is 5.21 Å². The minimum Gasteiger partial charge on any atom is -0.596 e. The molecule has 2 atom stereocenters. The van der Waals surface area contributed by atoms with Crippen molar-refractivity contribution in [1.82, 2.24) is 5.06 Å². The fourth-order valence-corrected chi connectivity index (χ4v) is 5.19. The summed E-state index contributed by atoms with van der Waals surface area (Å²) in [6, 6.07) is 0. The summed E-state index contributed by atoms with van der Waals surface area (Å²) in [6.45, 7) is 20.0. The molecule has 0 radical (unpaired) electrons. The predicted molar refractivity (Wildman–Crippen MR) is 107 cm³/mol. The topological polar surface area (TPSA) is 54.0 Å². The van der Waals surface area contributed by atoms with Crippen LogP contribution in [0.2, 0.25) is 0 Å². The number of rotatable bonds is 5. The van der Waals surface area contributed by atoms with Crippen LogP contribution >= 0.6 is 0 Å². The molecule has 6 nitrogen and oxygen atoms in total. The van der Waals surface area contributed by atoms with Gasteiger partial charge in [-0.15, -0.1) is 10.0 Å². The van der Waals surface area contributed by atoms with Crippen LogP contribution in [0.3, 0.4) is 0 Å². The number of piperidine rings is 2. The van der Waals surface area contributed by atoms with Crippen LogP contribution in [0, 0.1) is 10.6 Å². The highest BCUT2D eigenvalue weighted by atomic mass is 17.0. The van der Waals surface area contributed by atoms with Gasteiger partial charge in [0.25, 0.3) is 0 Å². The van der Waals surface area contributed by atoms with Gasteiger partial charge < -0.3 is 14.7 Å². The Morgan fingerprint density at radius 1 is 1.00 bits per heavy atom. The van der Waals surface area contributed by atoms with Crippen molar-refractivity contribution in [2.45, 2.75) is 110 Å². The molecule has 0 bridgehead atoms. The lowest BCUT2D eigenvalue weighted by Gasteiger charge is -2.64. The minimum absolute atomic E-state index is 0.0426. The monoisotopic (exact) mass is 386 g/mol. The van der Waals surface area contributed by atoms with Gasteiger partial charge >= 0.3 is 0 Å². The summed E-state index contributed by atoms with van der Waals surface area (Å²) in [5, 5.41) is 16.1. The van der Waals surface area contributed by atoms with Gasteiger partial charge in [-0.05, 0) is 61.3 Å². The van der Waals surface area contributed by atoms with Crippen LogP contribution in [-0.4, -0.2) is 59.0 Å². The van der Waals surface area contributed by atoms with E-state index in [1.807, 2.05) is 25.8 Å². The van der Waals surface area contributed by atoms with Gasteiger partial charge in [-0.25, -0.2) is 0 Å². The van der Waals surface area contributed by atoms with Crippen molar-refractivity contribution in [3.8, 4) is 0 Å². The first-order valence-corrected chi connectivity index (χ1v) is 10.4. The highest BCUT2D eigenvalue weighted by molar-refractivity contribution is 4.99. The number of ether oxygens (including phenoxy) is 2. The highest BCUT2D eigenvalue weighted by Gasteiger charge is 2.61. The number of hydrogen-bond donors (Lipinski definition) is 0. The van der Waals surface area contributed by atoms with Crippen LogP contribution in [0.15, 0.2) is 0 Å². The van der Waals surface area contributed by atoms with Crippen molar-refractivity contribution >= 4 is 0 Å². The zero-order valence-electron chi connectivity index (χ0n) is 19.2. The van der Waals surface area contributed by atoms with Gasteiger partial charge in [-0.3, -0.25) is 0 Å². The maximum absolute atomic E-state index is 14.1. The number of nitrogens with zero attached hydrogens (tertiary/aromatic N) is 2. The van der Waals surface area contributed by atoms with Crippen molar-refractivity contribution in [2.24, 2.45) is 5.41 Å². The van der Waals surface area contributed by atoms with E-state index in [2.05, 4.69) is 41.5 Å². The van der Waals surface area contributed by atoms with Crippen LogP contribution in [0.25, 0.3) is 0 Å². The van der Waals surface area contributed by atoms with Crippen LogP contribution in [0.4, 0.5) is 0 Å². The normalized spacial score (nSPS) is 35.9. The summed E-state index contributed by atoms with van der Waals surface area (Å²) < 4.78 is 11.7. The van der Waals surface area contributed by atoms with E-state index >= 15 is 0 Å². The highest BCUT2D eigenvalue weighted by Crippen LogP contribution is 2.51. The molecule has 6 heteroatoms. The first kappa shape index (κ1) is 23.0. The molecule has 160 valence electrons. The molecule has 0 aromatic carbocycles. The van der Waals surface area contributed by atoms with Crippen molar-refractivity contribution in [3.05, 3.63) is 5.21 Å². The Bertz CT molecular complexity index is 514. The number of hydroxylamine groups is 6. The number of quaternary nitrogens is 1. The molecule has 27 heavy (non-hydrogen) atoms. The fraction of sp³-hybridized carbons (Fsp3) is 1.00. The van der Waals surface area contributed by atoms with Crippen LogP contribution in [-0.2, 0) is 14.4 Å². The lowest BCUT2D eigenvalue weighted by molar-refractivity contribution is -1.14. The molecule has 2 aliphatic heterocycles. The van der Waals surface area contributed by atoms with Crippen LogP contribution in [0.5, 0.6) is 0 Å². The molecule has 0 aromatic rings. The second-order valence-electron chi connectivity index (χ2n) is 10.7. The van der Waals surface area contributed by atoms with E-state index in [0.29, 0.717) is 19.6 Å². The molecule has 2 heterocycles. The third-order valence-corrected chi connectivity index (χ3v) is 7.37. The molecule has 2 aliphatic rings. The standard InChI is InChI=1S/C21H42N2O4/c1-11-26-16-14-18(2,3)22(19(4,5)15-16)27-23(24)13-12-17(25-10)20(6,7)21(23,8)9/h16-17H,11-15H2,1-10H3. The second kappa shape index (κ2) is 7.22. The van der Waals surface area contributed by atoms with Gasteiger partial charge in [-0.1, -0.05) is 13.8 Å². The molecule has 0 N–H and O–H groups in total. The first-order chi connectivity index (χ1) is 12.1.